The van der Waals surface area contributed by atoms with Crippen LogP contribution in [0, 0.1) is 0 Å². The Morgan fingerprint density at radius 2 is 2.11 bits per heavy atom. The number of para-hydroxylation sites is 1. The molecule has 2 aromatic carbocycles. The molecule has 3 aromatic rings. The predicted octanol–water partition coefficient (Wildman–Crippen LogP) is 4.10. The van der Waals surface area contributed by atoms with Crippen molar-refractivity contribution in [2.45, 2.75) is 6.92 Å². The van der Waals surface area contributed by atoms with Crippen LogP contribution in [0.25, 0.3) is 10.9 Å². The zero-order valence-electron chi connectivity index (χ0n) is 14.8. The van der Waals surface area contributed by atoms with Gasteiger partial charge >= 0.3 is 0 Å². The molecule has 0 amide bonds. The summed E-state index contributed by atoms with van der Waals surface area (Å²) in [4.78, 5) is 13.3. The van der Waals surface area contributed by atoms with Gasteiger partial charge in [-0.3, -0.25) is 0 Å². The van der Waals surface area contributed by atoms with Crippen LogP contribution >= 0.6 is 15.9 Å². The van der Waals surface area contributed by atoms with Crippen molar-refractivity contribution in [3.63, 3.8) is 0 Å². The first-order chi connectivity index (χ1) is 13.2. The van der Waals surface area contributed by atoms with Crippen molar-refractivity contribution >= 4 is 43.9 Å². The minimum Gasteiger partial charge on any atom is -0.494 e. The molecule has 0 spiro atoms. The Labute approximate surface area is 165 Å². The number of nitrogens with zero attached hydrogens (tertiary/aromatic N) is 2. The number of fused-ring (bicyclic) bond motifs is 2. The second-order valence-corrected chi connectivity index (χ2v) is 7.06. The van der Waals surface area contributed by atoms with Crippen molar-refractivity contribution in [3.05, 3.63) is 58.1 Å². The molecule has 6 nitrogen and oxygen atoms in total. The van der Waals surface area contributed by atoms with Crippen molar-refractivity contribution in [1.29, 1.82) is 0 Å². The van der Waals surface area contributed by atoms with E-state index in [-0.39, 0.29) is 5.88 Å². The first kappa shape index (κ1) is 17.8. The predicted molar refractivity (Wildman–Crippen MR) is 111 cm³/mol. The molecule has 27 heavy (non-hydrogen) atoms. The lowest BCUT2D eigenvalue weighted by molar-refractivity contribution is 0.147. The van der Waals surface area contributed by atoms with Crippen molar-refractivity contribution in [1.82, 2.24) is 10.3 Å². The minimum atomic E-state index is 0.0648. The maximum Gasteiger partial charge on any atom is 0.199 e. The third-order valence-electron chi connectivity index (χ3n) is 4.37. The number of oxime groups is 1. The fourth-order valence-corrected chi connectivity index (χ4v) is 3.49. The topological polar surface area (TPSA) is 82.0 Å². The molecule has 0 radical (unpaired) electrons. The standard InChI is InChI=1S/C20H19BrN4O2/c1-2-22-9-10-27-25-18-13-5-3-4-6-15(13)23-19(18)17-14-11-12(21)7-8-16(14)24-20(17)26/h3-8,11,22,24,26H,2,9-10H2,1H3/b25-18+. The number of likely N-dealkylation sites (N-methyl/N-ethyl adjacent to an activating group) is 1. The van der Waals surface area contributed by atoms with Crippen molar-refractivity contribution < 1.29 is 9.94 Å². The first-order valence-corrected chi connectivity index (χ1v) is 9.58. The van der Waals surface area contributed by atoms with E-state index in [1.807, 2.05) is 49.4 Å². The van der Waals surface area contributed by atoms with Crippen molar-refractivity contribution in [3.8, 4) is 5.88 Å². The number of rotatable bonds is 6. The van der Waals surface area contributed by atoms with E-state index in [0.717, 1.165) is 33.2 Å². The number of aromatic nitrogens is 1. The van der Waals surface area contributed by atoms with E-state index < -0.39 is 0 Å². The lowest BCUT2D eigenvalue weighted by atomic mass is 10.0. The molecule has 1 aromatic heterocycles. The molecular weight excluding hydrogens is 408 g/mol. The number of nitrogens with one attached hydrogen (secondary N) is 2. The van der Waals surface area contributed by atoms with Crippen LogP contribution in [0.1, 0.15) is 18.1 Å². The van der Waals surface area contributed by atoms with Gasteiger partial charge in [-0.1, -0.05) is 46.2 Å². The SMILES string of the molecule is CCNCCO/N=C1/C(c2c(O)[nH]c3ccc(Br)cc23)=Nc2ccccc21. The van der Waals surface area contributed by atoms with E-state index >= 15 is 0 Å². The largest absolute Gasteiger partial charge is 0.494 e. The number of aromatic hydroxyl groups is 1. The fraction of sp³-hybridized carbons (Fsp3) is 0.200. The van der Waals surface area contributed by atoms with Gasteiger partial charge in [-0.15, -0.1) is 0 Å². The van der Waals surface area contributed by atoms with Gasteiger partial charge in [-0.2, -0.15) is 0 Å². The lowest BCUT2D eigenvalue weighted by Crippen LogP contribution is -2.19. The number of halogens is 1. The molecule has 0 aliphatic carbocycles. The van der Waals surface area contributed by atoms with E-state index in [2.05, 4.69) is 31.4 Å². The maximum absolute atomic E-state index is 10.6. The number of hydrogen-bond acceptors (Lipinski definition) is 5. The molecule has 0 fully saturated rings. The van der Waals surface area contributed by atoms with Gasteiger partial charge < -0.3 is 20.2 Å². The van der Waals surface area contributed by atoms with Gasteiger partial charge in [-0.25, -0.2) is 4.99 Å². The quantitative estimate of drug-likeness (QED) is 0.409. The highest BCUT2D eigenvalue weighted by Crippen LogP contribution is 2.36. The molecule has 0 unspecified atom stereocenters. The van der Waals surface area contributed by atoms with Crippen LogP contribution < -0.4 is 5.32 Å². The van der Waals surface area contributed by atoms with Gasteiger partial charge in [0.1, 0.15) is 18.0 Å². The normalized spacial score (nSPS) is 14.6. The summed E-state index contributed by atoms with van der Waals surface area (Å²) in [6.45, 7) is 4.10. The Balaban J connectivity index is 1.78. The molecule has 3 N–H and O–H groups in total. The highest BCUT2D eigenvalue weighted by Gasteiger charge is 2.29. The molecule has 4 rings (SSSR count). The lowest BCUT2D eigenvalue weighted by Gasteiger charge is -2.06. The summed E-state index contributed by atoms with van der Waals surface area (Å²) >= 11 is 3.50. The zero-order valence-corrected chi connectivity index (χ0v) is 16.4. The molecule has 7 heteroatoms. The molecule has 138 valence electrons. The van der Waals surface area contributed by atoms with E-state index in [0.29, 0.717) is 30.1 Å². The van der Waals surface area contributed by atoms with Crippen molar-refractivity contribution in [2.24, 2.45) is 10.1 Å². The summed E-state index contributed by atoms with van der Waals surface area (Å²) in [5.74, 6) is 0.0648. The molecule has 2 heterocycles. The molecule has 0 saturated carbocycles. The zero-order chi connectivity index (χ0) is 18.8. The maximum atomic E-state index is 10.6. The van der Waals surface area contributed by atoms with Crippen LogP contribution in [0.15, 0.2) is 57.1 Å². The first-order valence-electron chi connectivity index (χ1n) is 8.78. The second kappa shape index (κ2) is 7.54. The van der Waals surface area contributed by atoms with Crippen LogP contribution in [-0.4, -0.2) is 41.2 Å². The van der Waals surface area contributed by atoms with E-state index in [9.17, 15) is 5.11 Å². The molecule has 0 bridgehead atoms. The van der Waals surface area contributed by atoms with Gasteiger partial charge in [0.2, 0.25) is 0 Å². The number of benzene rings is 2. The van der Waals surface area contributed by atoms with Crippen molar-refractivity contribution in [2.75, 3.05) is 19.7 Å². The minimum absolute atomic E-state index is 0.0648. The third kappa shape index (κ3) is 3.36. The summed E-state index contributed by atoms with van der Waals surface area (Å²) in [6.07, 6.45) is 0. The highest BCUT2D eigenvalue weighted by atomic mass is 79.9. The second-order valence-electron chi connectivity index (χ2n) is 6.14. The Bertz CT molecular complexity index is 1060. The van der Waals surface area contributed by atoms with E-state index in [4.69, 9.17) is 9.83 Å². The molecular formula is C20H19BrN4O2. The van der Waals surface area contributed by atoms with E-state index in [1.54, 1.807) is 0 Å². The van der Waals surface area contributed by atoms with Gasteiger partial charge in [0, 0.05) is 27.5 Å². The van der Waals surface area contributed by atoms with Crippen LogP contribution in [0.5, 0.6) is 5.88 Å². The Kier molecular flexibility index (Phi) is 4.96. The van der Waals surface area contributed by atoms with Gasteiger partial charge in [0.15, 0.2) is 5.88 Å². The summed E-state index contributed by atoms with van der Waals surface area (Å²) in [6, 6.07) is 13.5. The number of aliphatic imine (C=N–C) groups is 1. The number of aromatic amines is 1. The summed E-state index contributed by atoms with van der Waals surface area (Å²) in [7, 11) is 0. The number of H-pyrrole nitrogens is 1. The van der Waals surface area contributed by atoms with E-state index in [1.165, 1.54) is 0 Å². The summed E-state index contributed by atoms with van der Waals surface area (Å²) in [5.41, 5.74) is 4.37. The Morgan fingerprint density at radius 3 is 2.96 bits per heavy atom. The summed E-state index contributed by atoms with van der Waals surface area (Å²) in [5, 5.41) is 19.0. The van der Waals surface area contributed by atoms with Gasteiger partial charge in [-0.05, 0) is 30.8 Å². The van der Waals surface area contributed by atoms with Crippen LogP contribution in [0.2, 0.25) is 0 Å². The Morgan fingerprint density at radius 1 is 1.26 bits per heavy atom. The van der Waals surface area contributed by atoms with Crippen LogP contribution in [0.4, 0.5) is 5.69 Å². The summed E-state index contributed by atoms with van der Waals surface area (Å²) < 4.78 is 0.923. The van der Waals surface area contributed by atoms with Crippen LogP contribution in [-0.2, 0) is 4.84 Å². The smallest absolute Gasteiger partial charge is 0.199 e. The fourth-order valence-electron chi connectivity index (χ4n) is 3.13. The highest BCUT2D eigenvalue weighted by molar-refractivity contribution is 9.10. The monoisotopic (exact) mass is 426 g/mol. The molecule has 0 saturated heterocycles. The van der Waals surface area contributed by atoms with Crippen LogP contribution in [0.3, 0.4) is 0 Å². The average molecular weight is 427 g/mol. The Hall–Kier alpha value is -2.64. The third-order valence-corrected chi connectivity index (χ3v) is 4.86. The molecule has 0 atom stereocenters. The molecule has 1 aliphatic heterocycles. The molecule has 1 aliphatic rings. The van der Waals surface area contributed by atoms with Gasteiger partial charge in [0.05, 0.1) is 11.3 Å². The van der Waals surface area contributed by atoms with Gasteiger partial charge in [0.25, 0.3) is 0 Å². The number of hydrogen-bond donors (Lipinski definition) is 3. The average Bonchev–Trinajstić information content (AvgIpc) is 3.18.